The number of anilines is 2. The smallest absolute Gasteiger partial charge is 0.253 e. The van der Waals surface area contributed by atoms with Gasteiger partial charge in [0, 0.05) is 23.5 Å². The molecule has 1 heterocycles. The van der Waals surface area contributed by atoms with Crippen molar-refractivity contribution in [2.75, 3.05) is 5.32 Å². The Morgan fingerprint density at radius 3 is 2.56 bits per heavy atom. The van der Waals surface area contributed by atoms with Crippen molar-refractivity contribution in [1.29, 1.82) is 0 Å². The molecule has 0 aliphatic carbocycles. The van der Waals surface area contributed by atoms with Gasteiger partial charge in [0.2, 0.25) is 0 Å². The van der Waals surface area contributed by atoms with Gasteiger partial charge in [-0.15, -0.1) is 0 Å². The van der Waals surface area contributed by atoms with E-state index in [1.54, 1.807) is 24.5 Å². The van der Waals surface area contributed by atoms with Crippen LogP contribution in [0.15, 0.2) is 67.0 Å². The van der Waals surface area contributed by atoms with Crippen LogP contribution in [0.1, 0.15) is 21.5 Å². The third-order valence-electron chi connectivity index (χ3n) is 3.74. The topological polar surface area (TPSA) is 54.0 Å². The van der Waals surface area contributed by atoms with Crippen LogP contribution < -0.4 is 10.6 Å². The monoisotopic (exact) mass is 351 g/mol. The summed E-state index contributed by atoms with van der Waals surface area (Å²) in [4.78, 5) is 16.5. The number of rotatable bonds is 5. The molecule has 4 nitrogen and oxygen atoms in total. The number of aryl methyl sites for hydroxylation is 1. The van der Waals surface area contributed by atoms with Crippen LogP contribution in [0.4, 0.5) is 11.4 Å². The van der Waals surface area contributed by atoms with Crippen molar-refractivity contribution >= 4 is 28.9 Å². The Kier molecular flexibility index (Phi) is 5.31. The summed E-state index contributed by atoms with van der Waals surface area (Å²) in [6.45, 7) is 2.41. The largest absolute Gasteiger partial charge is 0.354 e. The van der Waals surface area contributed by atoms with Gasteiger partial charge in [0.1, 0.15) is 0 Å². The first-order valence-corrected chi connectivity index (χ1v) is 8.30. The quantitative estimate of drug-likeness (QED) is 0.699. The fraction of sp³-hybridized carbons (Fsp3) is 0.100. The van der Waals surface area contributed by atoms with E-state index in [1.807, 2.05) is 49.4 Å². The molecule has 126 valence electrons. The lowest BCUT2D eigenvalue weighted by Crippen LogP contribution is -2.23. The normalized spacial score (nSPS) is 10.3. The van der Waals surface area contributed by atoms with Gasteiger partial charge in [-0.25, -0.2) is 0 Å². The average Bonchev–Trinajstić information content (AvgIpc) is 2.63. The highest BCUT2D eigenvalue weighted by atomic mass is 35.5. The van der Waals surface area contributed by atoms with E-state index in [0.717, 1.165) is 16.9 Å². The molecule has 0 bridgehead atoms. The van der Waals surface area contributed by atoms with Crippen LogP contribution in [0.2, 0.25) is 5.02 Å². The summed E-state index contributed by atoms with van der Waals surface area (Å²) in [5, 5.41) is 6.74. The Bertz CT molecular complexity index is 878. The molecule has 0 fully saturated rings. The summed E-state index contributed by atoms with van der Waals surface area (Å²) in [5.41, 5.74) is 4.26. The Labute approximate surface area is 151 Å². The number of amides is 1. The first-order valence-electron chi connectivity index (χ1n) is 7.92. The number of carbonyl (C=O) groups is 1. The lowest BCUT2D eigenvalue weighted by molar-refractivity contribution is 0.0950. The molecule has 0 saturated heterocycles. The summed E-state index contributed by atoms with van der Waals surface area (Å²) in [6, 6.07) is 17.2. The molecular formula is C20H18ClN3O. The van der Waals surface area contributed by atoms with Gasteiger partial charge >= 0.3 is 0 Å². The lowest BCUT2D eigenvalue weighted by Gasteiger charge is -2.09. The molecule has 5 heteroatoms. The fourth-order valence-electron chi connectivity index (χ4n) is 2.36. The van der Waals surface area contributed by atoms with E-state index in [1.165, 1.54) is 5.56 Å². The average molecular weight is 352 g/mol. The minimum absolute atomic E-state index is 0.194. The predicted molar refractivity (Wildman–Crippen MR) is 101 cm³/mol. The highest BCUT2D eigenvalue weighted by Crippen LogP contribution is 2.18. The zero-order valence-corrected chi connectivity index (χ0v) is 14.5. The Balaban J connectivity index is 1.67. The zero-order chi connectivity index (χ0) is 17.6. The van der Waals surface area contributed by atoms with Crippen LogP contribution in [0.3, 0.4) is 0 Å². The van der Waals surface area contributed by atoms with Gasteiger partial charge in [0.05, 0.1) is 17.4 Å². The number of nitrogens with one attached hydrogen (secondary N) is 2. The first kappa shape index (κ1) is 17.0. The second kappa shape index (κ2) is 7.81. The van der Waals surface area contributed by atoms with E-state index in [4.69, 9.17) is 11.6 Å². The molecular weight excluding hydrogens is 334 g/mol. The standard InChI is InChI=1S/C20H18ClN3O/c1-14-6-8-17(9-7-14)24-18-10-16(11-22-13-18)20(25)23-12-15-4-2-3-5-19(15)21/h2-11,13,24H,12H2,1H3,(H,23,25). The number of halogens is 1. The van der Waals surface area contributed by atoms with Gasteiger partial charge < -0.3 is 10.6 Å². The second-order valence-electron chi connectivity index (χ2n) is 5.73. The van der Waals surface area contributed by atoms with Crippen LogP contribution in [0, 0.1) is 6.92 Å². The van der Waals surface area contributed by atoms with E-state index in [9.17, 15) is 4.79 Å². The van der Waals surface area contributed by atoms with Crippen molar-refractivity contribution < 1.29 is 4.79 Å². The molecule has 0 radical (unpaired) electrons. The number of benzene rings is 2. The molecule has 2 aromatic carbocycles. The van der Waals surface area contributed by atoms with Gasteiger partial charge in [-0.05, 0) is 36.8 Å². The third-order valence-corrected chi connectivity index (χ3v) is 4.11. The maximum atomic E-state index is 12.4. The molecule has 0 atom stereocenters. The van der Waals surface area contributed by atoms with Gasteiger partial charge in [0.25, 0.3) is 5.91 Å². The third kappa shape index (κ3) is 4.58. The van der Waals surface area contributed by atoms with Gasteiger partial charge in [-0.3, -0.25) is 9.78 Å². The highest BCUT2D eigenvalue weighted by Gasteiger charge is 2.08. The van der Waals surface area contributed by atoms with Crippen LogP contribution in [-0.2, 0) is 6.54 Å². The fourth-order valence-corrected chi connectivity index (χ4v) is 2.56. The van der Waals surface area contributed by atoms with Gasteiger partial charge in [-0.2, -0.15) is 0 Å². The van der Waals surface area contributed by atoms with Crippen LogP contribution in [0.5, 0.6) is 0 Å². The van der Waals surface area contributed by atoms with E-state index in [-0.39, 0.29) is 5.91 Å². The Morgan fingerprint density at radius 2 is 1.80 bits per heavy atom. The maximum Gasteiger partial charge on any atom is 0.253 e. The van der Waals surface area contributed by atoms with Crippen LogP contribution in [-0.4, -0.2) is 10.9 Å². The van der Waals surface area contributed by atoms with E-state index >= 15 is 0 Å². The molecule has 1 amide bonds. The van der Waals surface area contributed by atoms with Gasteiger partial charge in [0.15, 0.2) is 0 Å². The summed E-state index contributed by atoms with van der Waals surface area (Å²) in [7, 11) is 0. The molecule has 0 saturated carbocycles. The molecule has 3 aromatic rings. The van der Waals surface area contributed by atoms with Gasteiger partial charge in [-0.1, -0.05) is 47.5 Å². The molecule has 3 rings (SSSR count). The summed E-state index contributed by atoms with van der Waals surface area (Å²) in [6.07, 6.45) is 3.23. The van der Waals surface area contributed by atoms with E-state index in [2.05, 4.69) is 15.6 Å². The van der Waals surface area contributed by atoms with Crippen molar-refractivity contribution in [1.82, 2.24) is 10.3 Å². The number of hydrogen-bond acceptors (Lipinski definition) is 3. The van der Waals surface area contributed by atoms with E-state index < -0.39 is 0 Å². The lowest BCUT2D eigenvalue weighted by atomic mass is 10.2. The number of nitrogens with zero attached hydrogens (tertiary/aromatic N) is 1. The van der Waals surface area contributed by atoms with Crippen LogP contribution >= 0.6 is 11.6 Å². The van der Waals surface area contributed by atoms with Crippen molar-refractivity contribution in [3.8, 4) is 0 Å². The SMILES string of the molecule is Cc1ccc(Nc2cncc(C(=O)NCc3ccccc3Cl)c2)cc1. The molecule has 0 spiro atoms. The Morgan fingerprint density at radius 1 is 1.04 bits per heavy atom. The number of carbonyl (C=O) groups excluding carboxylic acids is 1. The second-order valence-corrected chi connectivity index (χ2v) is 6.13. The minimum Gasteiger partial charge on any atom is -0.354 e. The number of aromatic nitrogens is 1. The predicted octanol–water partition coefficient (Wildman–Crippen LogP) is 4.72. The molecule has 2 N–H and O–H groups in total. The maximum absolute atomic E-state index is 12.4. The zero-order valence-electron chi connectivity index (χ0n) is 13.8. The molecule has 1 aromatic heterocycles. The van der Waals surface area contributed by atoms with Crippen molar-refractivity contribution in [2.45, 2.75) is 13.5 Å². The Hall–Kier alpha value is -2.85. The summed E-state index contributed by atoms with van der Waals surface area (Å²) in [5.74, 6) is -0.194. The minimum atomic E-state index is -0.194. The summed E-state index contributed by atoms with van der Waals surface area (Å²) >= 11 is 6.11. The number of hydrogen-bond donors (Lipinski definition) is 2. The van der Waals surface area contributed by atoms with Crippen LogP contribution in [0.25, 0.3) is 0 Å². The van der Waals surface area contributed by atoms with Crippen molar-refractivity contribution in [3.63, 3.8) is 0 Å². The molecule has 0 aliphatic rings. The molecule has 25 heavy (non-hydrogen) atoms. The molecule has 0 unspecified atom stereocenters. The van der Waals surface area contributed by atoms with Crippen molar-refractivity contribution in [3.05, 3.63) is 88.7 Å². The van der Waals surface area contributed by atoms with E-state index in [0.29, 0.717) is 17.1 Å². The highest BCUT2D eigenvalue weighted by molar-refractivity contribution is 6.31. The number of pyridine rings is 1. The first-order chi connectivity index (χ1) is 12.1. The summed E-state index contributed by atoms with van der Waals surface area (Å²) < 4.78 is 0. The molecule has 0 aliphatic heterocycles. The van der Waals surface area contributed by atoms with Crippen molar-refractivity contribution in [2.24, 2.45) is 0 Å².